The summed E-state index contributed by atoms with van der Waals surface area (Å²) in [4.78, 5) is 16.4. The summed E-state index contributed by atoms with van der Waals surface area (Å²) in [5.74, 6) is 1.15. The van der Waals surface area contributed by atoms with Gasteiger partial charge in [-0.2, -0.15) is 0 Å². The Hall–Kier alpha value is -2.10. The lowest BCUT2D eigenvalue weighted by Crippen LogP contribution is -2.34. The molecule has 0 saturated heterocycles. The van der Waals surface area contributed by atoms with Gasteiger partial charge in [-0.25, -0.2) is 0 Å². The van der Waals surface area contributed by atoms with Crippen molar-refractivity contribution in [1.29, 1.82) is 0 Å². The molecule has 2 aromatic rings. The largest absolute Gasteiger partial charge is 0.489 e. The van der Waals surface area contributed by atoms with Gasteiger partial charge in [0.05, 0.1) is 6.54 Å². The Morgan fingerprint density at radius 3 is 2.86 bits per heavy atom. The summed E-state index contributed by atoms with van der Waals surface area (Å²) in [5, 5.41) is 4.05. The van der Waals surface area contributed by atoms with Gasteiger partial charge in [-0.3, -0.25) is 9.78 Å². The molecule has 4 nitrogen and oxygen atoms in total. The van der Waals surface area contributed by atoms with Crippen LogP contribution in [0.4, 0.5) is 0 Å². The number of hydrogen-bond acceptors (Lipinski definition) is 3. The number of fused-ring (bicyclic) bond motifs is 1. The highest BCUT2D eigenvalue weighted by Gasteiger charge is 2.20. The molecular formula is C18H22N2O2. The molecule has 1 saturated carbocycles. The monoisotopic (exact) mass is 298 g/mol. The maximum absolute atomic E-state index is 12.0. The Morgan fingerprint density at radius 2 is 2.00 bits per heavy atom. The van der Waals surface area contributed by atoms with E-state index in [-0.39, 0.29) is 11.8 Å². The molecule has 1 amide bonds. The lowest BCUT2D eigenvalue weighted by atomic mass is 9.89. The number of nitrogens with zero attached hydrogens (tertiary/aromatic N) is 1. The van der Waals surface area contributed by atoms with Crippen LogP contribution in [0.25, 0.3) is 10.9 Å². The fourth-order valence-electron chi connectivity index (χ4n) is 3.04. The van der Waals surface area contributed by atoms with E-state index in [0.29, 0.717) is 13.2 Å². The Bertz CT molecular complexity index is 631. The highest BCUT2D eigenvalue weighted by molar-refractivity contribution is 5.84. The number of rotatable bonds is 5. The summed E-state index contributed by atoms with van der Waals surface area (Å²) in [5.41, 5.74) is 0.864. The van der Waals surface area contributed by atoms with E-state index < -0.39 is 0 Å². The first kappa shape index (κ1) is 14.8. The summed E-state index contributed by atoms with van der Waals surface area (Å²) < 4.78 is 5.78. The summed E-state index contributed by atoms with van der Waals surface area (Å²) >= 11 is 0. The van der Waals surface area contributed by atoms with E-state index in [1.165, 1.54) is 19.3 Å². The van der Waals surface area contributed by atoms with Crippen LogP contribution in [0.5, 0.6) is 5.75 Å². The van der Waals surface area contributed by atoms with Crippen molar-refractivity contribution in [2.24, 2.45) is 5.92 Å². The Balaban J connectivity index is 1.49. The quantitative estimate of drug-likeness (QED) is 0.862. The fourth-order valence-corrected chi connectivity index (χ4v) is 3.04. The molecule has 0 radical (unpaired) electrons. The predicted octanol–water partition coefficient (Wildman–Crippen LogP) is 3.31. The second-order valence-corrected chi connectivity index (χ2v) is 5.81. The summed E-state index contributed by atoms with van der Waals surface area (Å²) in [6.07, 6.45) is 7.44. The molecule has 3 rings (SSSR count). The van der Waals surface area contributed by atoms with Gasteiger partial charge in [0.25, 0.3) is 0 Å². The molecule has 1 N–H and O–H groups in total. The zero-order chi connectivity index (χ0) is 15.2. The summed E-state index contributed by atoms with van der Waals surface area (Å²) in [6.45, 7) is 1.01. The van der Waals surface area contributed by atoms with Crippen LogP contribution < -0.4 is 10.1 Å². The van der Waals surface area contributed by atoms with Crippen molar-refractivity contribution in [2.75, 3.05) is 13.2 Å². The van der Waals surface area contributed by atoms with E-state index in [1.807, 2.05) is 30.3 Å². The number of para-hydroxylation sites is 1. The van der Waals surface area contributed by atoms with Gasteiger partial charge in [0.2, 0.25) is 5.91 Å². The molecule has 0 bridgehead atoms. The van der Waals surface area contributed by atoms with Crippen molar-refractivity contribution in [3.63, 3.8) is 0 Å². The van der Waals surface area contributed by atoms with Crippen molar-refractivity contribution in [3.05, 3.63) is 36.5 Å². The zero-order valence-electron chi connectivity index (χ0n) is 12.8. The number of aromatic nitrogens is 1. The standard InChI is InChI=1S/C18H22N2O2/c21-18(15-6-2-1-3-7-15)20-12-13-22-16-10-4-8-14-9-5-11-19-17(14)16/h4-5,8-11,15H,1-3,6-7,12-13H2,(H,20,21). The third kappa shape index (κ3) is 3.56. The van der Waals surface area contributed by atoms with Gasteiger partial charge >= 0.3 is 0 Å². The predicted molar refractivity (Wildman–Crippen MR) is 86.8 cm³/mol. The number of carbonyl (C=O) groups excluding carboxylic acids is 1. The smallest absolute Gasteiger partial charge is 0.223 e. The minimum atomic E-state index is 0.180. The molecule has 1 heterocycles. The third-order valence-corrected chi connectivity index (χ3v) is 4.23. The molecule has 0 spiro atoms. The molecule has 1 aromatic carbocycles. The number of ether oxygens (including phenoxy) is 1. The molecule has 0 unspecified atom stereocenters. The summed E-state index contributed by atoms with van der Waals surface area (Å²) in [7, 11) is 0. The topological polar surface area (TPSA) is 51.2 Å². The van der Waals surface area contributed by atoms with E-state index >= 15 is 0 Å². The fraction of sp³-hybridized carbons (Fsp3) is 0.444. The maximum atomic E-state index is 12.0. The molecule has 0 atom stereocenters. The minimum absolute atomic E-state index is 0.180. The minimum Gasteiger partial charge on any atom is -0.489 e. The molecule has 4 heteroatoms. The first-order chi connectivity index (χ1) is 10.8. The highest BCUT2D eigenvalue weighted by atomic mass is 16.5. The molecule has 1 aromatic heterocycles. The Kier molecular flexibility index (Phi) is 4.88. The number of benzene rings is 1. The average molecular weight is 298 g/mol. The van der Waals surface area contributed by atoms with E-state index in [2.05, 4.69) is 10.3 Å². The van der Waals surface area contributed by atoms with Crippen LogP contribution in [0.3, 0.4) is 0 Å². The molecule has 0 aliphatic heterocycles. The third-order valence-electron chi connectivity index (χ3n) is 4.23. The molecule has 116 valence electrons. The molecule has 1 aliphatic carbocycles. The number of hydrogen-bond donors (Lipinski definition) is 1. The molecule has 1 aliphatic rings. The van der Waals surface area contributed by atoms with Crippen LogP contribution in [0.1, 0.15) is 32.1 Å². The molecule has 22 heavy (non-hydrogen) atoms. The second-order valence-electron chi connectivity index (χ2n) is 5.81. The van der Waals surface area contributed by atoms with Crippen LogP contribution in [0.15, 0.2) is 36.5 Å². The lowest BCUT2D eigenvalue weighted by molar-refractivity contribution is -0.126. The number of nitrogens with one attached hydrogen (secondary N) is 1. The van der Waals surface area contributed by atoms with Crippen molar-refractivity contribution in [1.82, 2.24) is 10.3 Å². The zero-order valence-corrected chi connectivity index (χ0v) is 12.8. The van der Waals surface area contributed by atoms with Crippen molar-refractivity contribution in [3.8, 4) is 5.75 Å². The maximum Gasteiger partial charge on any atom is 0.223 e. The summed E-state index contributed by atoms with van der Waals surface area (Å²) in [6, 6.07) is 9.81. The van der Waals surface area contributed by atoms with Crippen molar-refractivity contribution < 1.29 is 9.53 Å². The van der Waals surface area contributed by atoms with Crippen LogP contribution in [0.2, 0.25) is 0 Å². The first-order valence-electron chi connectivity index (χ1n) is 8.09. The van der Waals surface area contributed by atoms with E-state index in [0.717, 1.165) is 29.5 Å². The first-order valence-corrected chi connectivity index (χ1v) is 8.09. The second kappa shape index (κ2) is 7.25. The highest BCUT2D eigenvalue weighted by Crippen LogP contribution is 2.24. The Labute approximate surface area is 130 Å². The molecular weight excluding hydrogens is 276 g/mol. The van der Waals surface area contributed by atoms with Gasteiger partial charge in [0, 0.05) is 17.5 Å². The Morgan fingerprint density at radius 1 is 1.18 bits per heavy atom. The van der Waals surface area contributed by atoms with Gasteiger partial charge in [0.15, 0.2) is 0 Å². The number of amides is 1. The SMILES string of the molecule is O=C(NCCOc1cccc2cccnc12)C1CCCCC1. The number of carbonyl (C=O) groups is 1. The number of pyridine rings is 1. The van der Waals surface area contributed by atoms with E-state index in [9.17, 15) is 4.79 Å². The van der Waals surface area contributed by atoms with E-state index in [4.69, 9.17) is 4.74 Å². The normalized spacial score (nSPS) is 15.6. The van der Waals surface area contributed by atoms with Crippen molar-refractivity contribution in [2.45, 2.75) is 32.1 Å². The average Bonchev–Trinajstić information content (AvgIpc) is 2.59. The van der Waals surface area contributed by atoms with Gasteiger partial charge < -0.3 is 10.1 Å². The van der Waals surface area contributed by atoms with Gasteiger partial charge in [-0.05, 0) is 25.0 Å². The van der Waals surface area contributed by atoms with Gasteiger partial charge in [-0.15, -0.1) is 0 Å². The van der Waals surface area contributed by atoms with Crippen LogP contribution in [0, 0.1) is 5.92 Å². The van der Waals surface area contributed by atoms with Crippen LogP contribution in [-0.4, -0.2) is 24.0 Å². The van der Waals surface area contributed by atoms with Crippen LogP contribution in [-0.2, 0) is 4.79 Å². The van der Waals surface area contributed by atoms with Crippen LogP contribution >= 0.6 is 0 Å². The molecule has 1 fully saturated rings. The van der Waals surface area contributed by atoms with Gasteiger partial charge in [-0.1, -0.05) is 37.5 Å². The lowest BCUT2D eigenvalue weighted by Gasteiger charge is -2.20. The van der Waals surface area contributed by atoms with Crippen molar-refractivity contribution >= 4 is 16.8 Å². The van der Waals surface area contributed by atoms with Gasteiger partial charge in [0.1, 0.15) is 17.9 Å². The van der Waals surface area contributed by atoms with E-state index in [1.54, 1.807) is 6.20 Å².